The second-order valence-corrected chi connectivity index (χ2v) is 7.23. The van der Waals surface area contributed by atoms with Crippen molar-refractivity contribution in [3.63, 3.8) is 0 Å². The molecule has 0 saturated carbocycles. The molecule has 5 nitrogen and oxygen atoms in total. The Kier molecular flexibility index (Phi) is 5.96. The Morgan fingerprint density at radius 1 is 1.15 bits per heavy atom. The van der Waals surface area contributed by atoms with Gasteiger partial charge in [0.2, 0.25) is 0 Å². The largest absolute Gasteiger partial charge is 0.496 e. The van der Waals surface area contributed by atoms with Crippen molar-refractivity contribution in [1.82, 2.24) is 14.8 Å². The average molecular weight is 382 g/mol. The number of aromatic nitrogens is 3. The summed E-state index contributed by atoms with van der Waals surface area (Å²) in [6.45, 7) is 6.50. The third-order valence-corrected chi connectivity index (χ3v) is 5.40. The van der Waals surface area contributed by atoms with Crippen LogP contribution in [0.15, 0.2) is 47.6 Å². The van der Waals surface area contributed by atoms with Gasteiger partial charge in [-0.3, -0.25) is 4.79 Å². The molecule has 0 saturated heterocycles. The summed E-state index contributed by atoms with van der Waals surface area (Å²) >= 11 is 1.59. The molecule has 0 amide bonds. The number of carbonyl (C=O) groups excluding carboxylic acids is 1. The molecule has 0 radical (unpaired) electrons. The van der Waals surface area contributed by atoms with Gasteiger partial charge in [0.15, 0.2) is 16.8 Å². The van der Waals surface area contributed by atoms with Crippen LogP contribution in [0.2, 0.25) is 0 Å². The molecule has 2 aromatic carbocycles. The lowest BCUT2D eigenvalue weighted by molar-refractivity contribution is 0.101. The highest BCUT2D eigenvalue weighted by Gasteiger charge is 2.15. The van der Waals surface area contributed by atoms with Crippen LogP contribution < -0.4 is 4.74 Å². The lowest BCUT2D eigenvalue weighted by Gasteiger charge is -2.11. The van der Waals surface area contributed by atoms with Crippen molar-refractivity contribution < 1.29 is 9.53 Å². The van der Waals surface area contributed by atoms with Crippen molar-refractivity contribution in [3.8, 4) is 17.1 Å². The number of ether oxygens (including phenoxy) is 1. The number of Topliss-reactive ketones (excluding diaryl/α,β-unsaturated/α-hetero) is 1. The predicted molar refractivity (Wildman–Crippen MR) is 108 cm³/mol. The monoisotopic (exact) mass is 381 g/mol. The molecule has 0 aliphatic carbocycles. The van der Waals surface area contributed by atoms with E-state index in [-0.39, 0.29) is 5.78 Å². The van der Waals surface area contributed by atoms with Gasteiger partial charge in [-0.15, -0.1) is 10.2 Å². The maximum atomic E-state index is 11.7. The molecule has 0 aliphatic rings. The van der Waals surface area contributed by atoms with E-state index in [0.717, 1.165) is 34.4 Å². The number of thioether (sulfide) groups is 1. The summed E-state index contributed by atoms with van der Waals surface area (Å²) < 4.78 is 7.55. The molecule has 3 aromatic rings. The van der Waals surface area contributed by atoms with Crippen LogP contribution >= 0.6 is 11.8 Å². The normalized spacial score (nSPS) is 10.8. The van der Waals surface area contributed by atoms with Crippen molar-refractivity contribution >= 4 is 17.5 Å². The van der Waals surface area contributed by atoms with Gasteiger partial charge >= 0.3 is 0 Å². The summed E-state index contributed by atoms with van der Waals surface area (Å²) in [6.07, 6.45) is 0. The third-order valence-electron chi connectivity index (χ3n) is 4.39. The summed E-state index contributed by atoms with van der Waals surface area (Å²) in [6, 6.07) is 13.8. The number of benzene rings is 2. The van der Waals surface area contributed by atoms with Gasteiger partial charge < -0.3 is 9.30 Å². The van der Waals surface area contributed by atoms with E-state index in [1.807, 2.05) is 12.1 Å². The van der Waals surface area contributed by atoms with Gasteiger partial charge in [-0.2, -0.15) is 0 Å². The summed E-state index contributed by atoms with van der Waals surface area (Å²) in [7, 11) is 1.64. The highest BCUT2D eigenvalue weighted by molar-refractivity contribution is 7.98. The summed E-state index contributed by atoms with van der Waals surface area (Å²) in [5.41, 5.74) is 3.92. The molecule has 1 heterocycles. The third kappa shape index (κ3) is 4.22. The van der Waals surface area contributed by atoms with Crippen LogP contribution in [-0.2, 0) is 12.3 Å². The molecule has 0 atom stereocenters. The highest BCUT2D eigenvalue weighted by Crippen LogP contribution is 2.30. The zero-order valence-corrected chi connectivity index (χ0v) is 16.8. The van der Waals surface area contributed by atoms with E-state index in [4.69, 9.17) is 4.74 Å². The van der Waals surface area contributed by atoms with Crippen LogP contribution in [0, 0.1) is 6.92 Å². The molecule has 1 aromatic heterocycles. The van der Waals surface area contributed by atoms with Crippen LogP contribution in [0.4, 0.5) is 0 Å². The number of carbonyl (C=O) groups is 1. The van der Waals surface area contributed by atoms with Crippen LogP contribution in [0.25, 0.3) is 11.4 Å². The Hall–Kier alpha value is -2.60. The number of ketones is 1. The topological polar surface area (TPSA) is 57.0 Å². The summed E-state index contributed by atoms with van der Waals surface area (Å²) in [5, 5.41) is 9.63. The van der Waals surface area contributed by atoms with Crippen molar-refractivity contribution in [2.24, 2.45) is 0 Å². The Labute approximate surface area is 163 Å². The lowest BCUT2D eigenvalue weighted by Crippen LogP contribution is -2.01. The highest BCUT2D eigenvalue weighted by atomic mass is 32.2. The molecule has 0 fully saturated rings. The maximum absolute atomic E-state index is 11.7. The summed E-state index contributed by atoms with van der Waals surface area (Å²) in [5.74, 6) is 2.33. The fraction of sp³-hybridized carbons (Fsp3) is 0.286. The molecule has 0 aliphatic heterocycles. The quantitative estimate of drug-likeness (QED) is 0.435. The first-order chi connectivity index (χ1) is 13.0. The standard InChI is InChI=1S/C21H23N3O2S/c1-5-24-20(16-8-6-14(2)7-9-16)22-23-21(24)27-13-18-12-17(15(3)25)10-11-19(18)26-4/h6-12H,5,13H2,1-4H3. The van der Waals surface area contributed by atoms with Crippen LogP contribution in [0.3, 0.4) is 0 Å². The molecule has 0 N–H and O–H groups in total. The van der Waals surface area contributed by atoms with Gasteiger partial charge in [-0.25, -0.2) is 0 Å². The van der Waals surface area contributed by atoms with Crippen molar-refractivity contribution in [3.05, 3.63) is 59.2 Å². The number of aryl methyl sites for hydroxylation is 1. The number of nitrogens with zero attached hydrogens (tertiary/aromatic N) is 3. The van der Waals surface area contributed by atoms with Gasteiger partial charge in [-0.05, 0) is 39.0 Å². The molecule has 0 unspecified atom stereocenters. The first-order valence-corrected chi connectivity index (χ1v) is 9.83. The lowest BCUT2D eigenvalue weighted by atomic mass is 10.1. The predicted octanol–water partition coefficient (Wildman–Crippen LogP) is 4.78. The fourth-order valence-electron chi connectivity index (χ4n) is 2.85. The minimum absolute atomic E-state index is 0.0438. The van der Waals surface area contributed by atoms with E-state index in [2.05, 4.69) is 52.9 Å². The molecule has 0 spiro atoms. The number of hydrogen-bond acceptors (Lipinski definition) is 5. The molecule has 3 rings (SSSR count). The molecular formula is C21H23N3O2S. The Morgan fingerprint density at radius 3 is 2.52 bits per heavy atom. The van der Waals surface area contributed by atoms with E-state index in [0.29, 0.717) is 11.3 Å². The fourth-order valence-corrected chi connectivity index (χ4v) is 3.83. The second kappa shape index (κ2) is 8.39. The first kappa shape index (κ1) is 19.2. The number of methoxy groups -OCH3 is 1. The van der Waals surface area contributed by atoms with E-state index < -0.39 is 0 Å². The second-order valence-electron chi connectivity index (χ2n) is 6.29. The zero-order valence-electron chi connectivity index (χ0n) is 16.0. The minimum atomic E-state index is 0.0438. The van der Waals surface area contributed by atoms with Gasteiger partial charge in [0.05, 0.1) is 7.11 Å². The van der Waals surface area contributed by atoms with E-state index in [1.54, 1.807) is 31.9 Å². The number of hydrogen-bond donors (Lipinski definition) is 0. The van der Waals surface area contributed by atoms with Crippen molar-refractivity contribution in [2.75, 3.05) is 7.11 Å². The van der Waals surface area contributed by atoms with E-state index in [9.17, 15) is 4.79 Å². The number of rotatable bonds is 7. The molecule has 6 heteroatoms. The molecular weight excluding hydrogens is 358 g/mol. The van der Waals surface area contributed by atoms with E-state index >= 15 is 0 Å². The van der Waals surface area contributed by atoms with Gasteiger partial charge in [-0.1, -0.05) is 41.6 Å². The first-order valence-electron chi connectivity index (χ1n) is 8.84. The molecule has 140 valence electrons. The Morgan fingerprint density at radius 2 is 1.89 bits per heavy atom. The SMILES string of the molecule is CCn1c(SCc2cc(C(C)=O)ccc2OC)nnc1-c1ccc(C)cc1. The van der Waals surface area contributed by atoms with Gasteiger partial charge in [0.1, 0.15) is 5.75 Å². The zero-order chi connectivity index (χ0) is 19.4. The Bertz CT molecular complexity index is 949. The smallest absolute Gasteiger partial charge is 0.191 e. The van der Waals surface area contributed by atoms with E-state index in [1.165, 1.54) is 5.56 Å². The average Bonchev–Trinajstić information content (AvgIpc) is 3.09. The molecule has 27 heavy (non-hydrogen) atoms. The van der Waals surface area contributed by atoms with Gasteiger partial charge in [0.25, 0.3) is 0 Å². The maximum Gasteiger partial charge on any atom is 0.191 e. The van der Waals surface area contributed by atoms with Crippen molar-refractivity contribution in [2.45, 2.75) is 38.2 Å². The summed E-state index contributed by atoms with van der Waals surface area (Å²) in [4.78, 5) is 11.7. The van der Waals surface area contributed by atoms with Crippen LogP contribution in [0.5, 0.6) is 5.75 Å². The van der Waals surface area contributed by atoms with Crippen LogP contribution in [0.1, 0.15) is 35.3 Å². The minimum Gasteiger partial charge on any atom is -0.496 e. The van der Waals surface area contributed by atoms with Crippen molar-refractivity contribution in [1.29, 1.82) is 0 Å². The Balaban J connectivity index is 1.86. The molecule has 0 bridgehead atoms. The van der Waals surface area contributed by atoms with Gasteiger partial charge in [0, 0.05) is 29.0 Å². The van der Waals surface area contributed by atoms with Crippen LogP contribution in [-0.4, -0.2) is 27.7 Å².